The first-order valence-electron chi connectivity index (χ1n) is 8.72. The van der Waals surface area contributed by atoms with E-state index in [9.17, 15) is 4.79 Å². The predicted octanol–water partition coefficient (Wildman–Crippen LogP) is 5.40. The first-order chi connectivity index (χ1) is 12.7. The maximum Gasteiger partial charge on any atom is 0.227 e. The van der Waals surface area contributed by atoms with Gasteiger partial charge in [-0.2, -0.15) is 0 Å². The Labute approximate surface area is 162 Å². The van der Waals surface area contributed by atoms with E-state index in [0.717, 1.165) is 28.7 Å². The van der Waals surface area contributed by atoms with Gasteiger partial charge in [0.1, 0.15) is 0 Å². The number of amides is 1. The molecule has 26 heavy (non-hydrogen) atoms. The van der Waals surface area contributed by atoms with Crippen LogP contribution in [0.25, 0.3) is 0 Å². The number of anilines is 1. The summed E-state index contributed by atoms with van der Waals surface area (Å²) in [6.45, 7) is 0.479. The molecule has 4 heteroatoms. The summed E-state index contributed by atoms with van der Waals surface area (Å²) in [7, 11) is 0. The van der Waals surface area contributed by atoms with Crippen molar-refractivity contribution >= 4 is 27.5 Å². The predicted molar refractivity (Wildman–Crippen MR) is 109 cm³/mol. The van der Waals surface area contributed by atoms with E-state index in [1.54, 1.807) is 6.20 Å². The molecule has 0 aliphatic carbocycles. The second-order valence-corrected chi connectivity index (χ2v) is 7.03. The number of pyridine rings is 1. The van der Waals surface area contributed by atoms with Gasteiger partial charge in [-0.25, -0.2) is 0 Å². The van der Waals surface area contributed by atoms with Crippen molar-refractivity contribution in [1.29, 1.82) is 0 Å². The van der Waals surface area contributed by atoms with Crippen molar-refractivity contribution in [1.82, 2.24) is 4.98 Å². The van der Waals surface area contributed by atoms with Gasteiger partial charge in [0.25, 0.3) is 0 Å². The molecule has 1 heterocycles. The van der Waals surface area contributed by atoms with Gasteiger partial charge in [0.2, 0.25) is 5.91 Å². The zero-order valence-corrected chi connectivity index (χ0v) is 16.1. The van der Waals surface area contributed by atoms with Gasteiger partial charge in [-0.1, -0.05) is 52.3 Å². The van der Waals surface area contributed by atoms with Crippen LogP contribution in [-0.4, -0.2) is 10.9 Å². The van der Waals surface area contributed by atoms with Crippen molar-refractivity contribution in [2.24, 2.45) is 0 Å². The molecule has 0 N–H and O–H groups in total. The third kappa shape index (κ3) is 5.27. The molecule has 0 spiro atoms. The van der Waals surface area contributed by atoms with Crippen LogP contribution in [0.2, 0.25) is 0 Å². The van der Waals surface area contributed by atoms with Crippen molar-refractivity contribution in [2.75, 3.05) is 4.90 Å². The molecule has 0 aliphatic heterocycles. The van der Waals surface area contributed by atoms with E-state index in [4.69, 9.17) is 0 Å². The molecule has 0 aliphatic rings. The van der Waals surface area contributed by atoms with E-state index in [1.807, 2.05) is 65.6 Å². The second kappa shape index (κ2) is 9.30. The number of hydrogen-bond donors (Lipinski definition) is 0. The minimum Gasteiger partial charge on any atom is -0.306 e. The highest BCUT2D eigenvalue weighted by Gasteiger charge is 2.16. The maximum atomic E-state index is 12.9. The number of aromatic nitrogens is 1. The van der Waals surface area contributed by atoms with Gasteiger partial charge < -0.3 is 4.90 Å². The van der Waals surface area contributed by atoms with Gasteiger partial charge >= 0.3 is 0 Å². The van der Waals surface area contributed by atoms with Crippen LogP contribution in [-0.2, 0) is 17.8 Å². The molecule has 0 saturated carbocycles. The van der Waals surface area contributed by atoms with Crippen LogP contribution in [0, 0.1) is 0 Å². The minimum atomic E-state index is 0.119. The van der Waals surface area contributed by atoms with E-state index in [0.29, 0.717) is 13.0 Å². The average Bonchev–Trinajstić information content (AvgIpc) is 2.68. The lowest BCUT2D eigenvalue weighted by molar-refractivity contribution is -0.118. The van der Waals surface area contributed by atoms with E-state index in [2.05, 4.69) is 33.0 Å². The highest BCUT2D eigenvalue weighted by atomic mass is 79.9. The Morgan fingerprint density at radius 1 is 0.923 bits per heavy atom. The van der Waals surface area contributed by atoms with Crippen LogP contribution >= 0.6 is 15.9 Å². The summed E-state index contributed by atoms with van der Waals surface area (Å²) in [5.41, 5.74) is 3.04. The number of carbonyl (C=O) groups excluding carboxylic acids is 1. The molecule has 3 aromatic rings. The van der Waals surface area contributed by atoms with Crippen molar-refractivity contribution in [3.8, 4) is 0 Å². The van der Waals surface area contributed by atoms with Gasteiger partial charge in [0.05, 0.1) is 12.2 Å². The van der Waals surface area contributed by atoms with Gasteiger partial charge in [-0.05, 0) is 54.8 Å². The lowest BCUT2D eigenvalue weighted by Gasteiger charge is -2.23. The minimum absolute atomic E-state index is 0.119. The Morgan fingerprint density at radius 3 is 2.35 bits per heavy atom. The Balaban J connectivity index is 1.69. The Bertz CT molecular complexity index is 820. The second-order valence-electron chi connectivity index (χ2n) is 6.12. The van der Waals surface area contributed by atoms with E-state index in [-0.39, 0.29) is 5.91 Å². The molecule has 1 amide bonds. The standard InChI is InChI=1S/C22H21BrN2O/c23-19-12-14-21(15-13-19)25(17-20-10-4-5-16-24-20)22(26)11-6-9-18-7-2-1-3-8-18/h1-5,7-8,10,12-16H,6,9,11,17H2. The average molecular weight is 409 g/mol. The van der Waals surface area contributed by atoms with Gasteiger partial charge in [0.15, 0.2) is 0 Å². The first kappa shape index (κ1) is 18.3. The zero-order valence-electron chi connectivity index (χ0n) is 14.5. The molecule has 2 aromatic carbocycles. The largest absolute Gasteiger partial charge is 0.306 e. The molecule has 0 fully saturated rings. The summed E-state index contributed by atoms with van der Waals surface area (Å²) in [4.78, 5) is 19.1. The van der Waals surface area contributed by atoms with Crippen LogP contribution in [0.4, 0.5) is 5.69 Å². The number of nitrogens with zero attached hydrogens (tertiary/aromatic N) is 2. The highest BCUT2D eigenvalue weighted by molar-refractivity contribution is 9.10. The molecule has 3 rings (SSSR count). The molecule has 1 aromatic heterocycles. The number of aryl methyl sites for hydroxylation is 1. The van der Waals surface area contributed by atoms with E-state index < -0.39 is 0 Å². The van der Waals surface area contributed by atoms with E-state index in [1.165, 1.54) is 5.56 Å². The van der Waals surface area contributed by atoms with Crippen molar-refractivity contribution in [3.05, 3.63) is 94.7 Å². The lowest BCUT2D eigenvalue weighted by atomic mass is 10.1. The SMILES string of the molecule is O=C(CCCc1ccccc1)N(Cc1ccccn1)c1ccc(Br)cc1. The number of benzene rings is 2. The summed E-state index contributed by atoms with van der Waals surface area (Å²) < 4.78 is 0.996. The normalized spacial score (nSPS) is 10.5. The van der Waals surface area contributed by atoms with E-state index >= 15 is 0 Å². The van der Waals surface area contributed by atoms with Crippen molar-refractivity contribution in [3.63, 3.8) is 0 Å². The van der Waals surface area contributed by atoms with Gasteiger partial charge in [-0.15, -0.1) is 0 Å². The number of hydrogen-bond acceptors (Lipinski definition) is 2. The molecule has 0 unspecified atom stereocenters. The molecule has 0 bridgehead atoms. The fourth-order valence-electron chi connectivity index (χ4n) is 2.82. The number of halogens is 1. The summed E-state index contributed by atoms with van der Waals surface area (Å²) in [5.74, 6) is 0.119. The van der Waals surface area contributed by atoms with Gasteiger partial charge in [0, 0.05) is 22.8 Å². The molecule has 0 radical (unpaired) electrons. The quantitative estimate of drug-likeness (QED) is 0.524. The fourth-order valence-corrected chi connectivity index (χ4v) is 3.09. The van der Waals surface area contributed by atoms with Crippen LogP contribution in [0.15, 0.2) is 83.5 Å². The highest BCUT2D eigenvalue weighted by Crippen LogP contribution is 2.21. The molecule has 0 atom stereocenters. The lowest BCUT2D eigenvalue weighted by Crippen LogP contribution is -2.30. The summed E-state index contributed by atoms with van der Waals surface area (Å²) in [6.07, 6.45) is 4.01. The third-order valence-electron chi connectivity index (χ3n) is 4.18. The smallest absolute Gasteiger partial charge is 0.227 e. The van der Waals surface area contributed by atoms with Crippen molar-refractivity contribution < 1.29 is 4.79 Å². The molecule has 3 nitrogen and oxygen atoms in total. The fraction of sp³-hybridized carbons (Fsp3) is 0.182. The van der Waals surface area contributed by atoms with Crippen molar-refractivity contribution in [2.45, 2.75) is 25.8 Å². The molecule has 132 valence electrons. The summed E-state index contributed by atoms with van der Waals surface area (Å²) in [5, 5.41) is 0. The Morgan fingerprint density at radius 2 is 1.65 bits per heavy atom. The summed E-state index contributed by atoms with van der Waals surface area (Å²) >= 11 is 3.45. The Hall–Kier alpha value is -2.46. The molecular formula is C22H21BrN2O. The monoisotopic (exact) mass is 408 g/mol. The third-order valence-corrected chi connectivity index (χ3v) is 4.71. The topological polar surface area (TPSA) is 33.2 Å². The number of rotatable bonds is 7. The van der Waals surface area contributed by atoms with Crippen LogP contribution in [0.3, 0.4) is 0 Å². The van der Waals surface area contributed by atoms with Crippen LogP contribution in [0.1, 0.15) is 24.1 Å². The van der Waals surface area contributed by atoms with Crippen LogP contribution < -0.4 is 4.90 Å². The maximum absolute atomic E-state index is 12.9. The molecule has 0 saturated heterocycles. The molecular weight excluding hydrogens is 388 g/mol. The van der Waals surface area contributed by atoms with Crippen LogP contribution in [0.5, 0.6) is 0 Å². The zero-order chi connectivity index (χ0) is 18.2. The van der Waals surface area contributed by atoms with Gasteiger partial charge in [-0.3, -0.25) is 9.78 Å². The summed E-state index contributed by atoms with van der Waals surface area (Å²) in [6, 6.07) is 23.9. The Kier molecular flexibility index (Phi) is 6.56. The number of carbonyl (C=O) groups is 1. The first-order valence-corrected chi connectivity index (χ1v) is 9.51.